The third kappa shape index (κ3) is 4.64. The number of hydrogen-bond acceptors (Lipinski definition) is 9. The molecular weight excluding hydrogens is 456 g/mol. The number of ether oxygens (including phenoxy) is 4. The van der Waals surface area contributed by atoms with E-state index in [4.69, 9.17) is 18.9 Å². The Labute approximate surface area is 202 Å². The number of carbonyl (C=O) groups is 2. The van der Waals surface area contributed by atoms with Crippen LogP contribution in [0.25, 0.3) is 0 Å². The third-order valence-corrected chi connectivity index (χ3v) is 5.87. The molecule has 0 saturated carbocycles. The molecule has 1 aromatic carbocycles. The van der Waals surface area contributed by atoms with Gasteiger partial charge in [0.2, 0.25) is 17.6 Å². The van der Waals surface area contributed by atoms with E-state index in [2.05, 4.69) is 27.2 Å². The first-order chi connectivity index (χ1) is 16.9. The molecule has 2 aliphatic heterocycles. The lowest BCUT2D eigenvalue weighted by molar-refractivity contribution is -0.117. The SMILES string of the molecule is C=CC(=O)NC1COCC1Nc1ncc2c(n1)N(C)C(=O)N(c1cc(OC)c(OC)c(OC)c1)C2. The van der Waals surface area contributed by atoms with Crippen LogP contribution in [-0.4, -0.2) is 75.6 Å². The number of methoxy groups -OCH3 is 3. The molecule has 2 unspecified atom stereocenters. The van der Waals surface area contributed by atoms with E-state index in [-0.39, 0.29) is 30.6 Å². The highest BCUT2D eigenvalue weighted by molar-refractivity contribution is 6.05. The summed E-state index contributed by atoms with van der Waals surface area (Å²) in [5.74, 6) is 1.86. The van der Waals surface area contributed by atoms with Crippen molar-refractivity contribution in [3.63, 3.8) is 0 Å². The zero-order chi connectivity index (χ0) is 25.1. The molecule has 3 amide bonds. The van der Waals surface area contributed by atoms with Crippen molar-refractivity contribution in [3.8, 4) is 17.2 Å². The van der Waals surface area contributed by atoms with Gasteiger partial charge in [-0.25, -0.2) is 9.78 Å². The van der Waals surface area contributed by atoms with Gasteiger partial charge in [-0.2, -0.15) is 4.98 Å². The maximum Gasteiger partial charge on any atom is 0.330 e. The van der Waals surface area contributed by atoms with Crippen LogP contribution in [-0.2, 0) is 16.1 Å². The summed E-state index contributed by atoms with van der Waals surface area (Å²) in [6, 6.07) is 2.67. The van der Waals surface area contributed by atoms with Gasteiger partial charge in [0.15, 0.2) is 11.5 Å². The molecule has 1 fully saturated rings. The van der Waals surface area contributed by atoms with Crippen molar-refractivity contribution in [2.45, 2.75) is 18.6 Å². The molecule has 4 rings (SSSR count). The second-order valence-electron chi connectivity index (χ2n) is 7.96. The van der Waals surface area contributed by atoms with Crippen molar-refractivity contribution in [2.24, 2.45) is 0 Å². The van der Waals surface area contributed by atoms with E-state index in [9.17, 15) is 9.59 Å². The summed E-state index contributed by atoms with van der Waals surface area (Å²) in [6.07, 6.45) is 2.89. The number of rotatable bonds is 8. The quantitative estimate of drug-likeness (QED) is 0.537. The zero-order valence-corrected chi connectivity index (χ0v) is 20.0. The van der Waals surface area contributed by atoms with Gasteiger partial charge in [-0.3, -0.25) is 14.6 Å². The zero-order valence-electron chi connectivity index (χ0n) is 20.0. The topological polar surface area (TPSA) is 127 Å². The molecule has 0 spiro atoms. The fourth-order valence-electron chi connectivity index (χ4n) is 4.05. The number of nitrogens with zero attached hydrogens (tertiary/aromatic N) is 4. The summed E-state index contributed by atoms with van der Waals surface area (Å²) >= 11 is 0. The van der Waals surface area contributed by atoms with Crippen molar-refractivity contribution in [1.82, 2.24) is 15.3 Å². The van der Waals surface area contributed by atoms with Gasteiger partial charge in [-0.05, 0) is 6.08 Å². The van der Waals surface area contributed by atoms with Crippen molar-refractivity contribution >= 4 is 29.4 Å². The Morgan fingerprint density at radius 1 is 1.17 bits per heavy atom. The summed E-state index contributed by atoms with van der Waals surface area (Å²) in [4.78, 5) is 37.0. The minimum atomic E-state index is -0.282. The smallest absolute Gasteiger partial charge is 0.330 e. The van der Waals surface area contributed by atoms with E-state index >= 15 is 0 Å². The predicted octanol–water partition coefficient (Wildman–Crippen LogP) is 1.56. The van der Waals surface area contributed by atoms with Crippen LogP contribution >= 0.6 is 0 Å². The Bertz CT molecular complexity index is 1120. The van der Waals surface area contributed by atoms with Gasteiger partial charge < -0.3 is 29.6 Å². The standard InChI is InChI=1S/C23H28N6O6/c1-6-19(30)25-15-11-35-12-16(15)26-22-24-9-13-10-29(23(31)28(2)21(13)27-22)14-7-17(32-3)20(34-5)18(8-14)33-4/h6-9,15-16H,1,10-12H2,2-5H3,(H,25,30)(H,24,26,27). The fraction of sp³-hybridized carbons (Fsp3) is 0.391. The molecule has 3 heterocycles. The summed E-state index contributed by atoms with van der Waals surface area (Å²) in [6.45, 7) is 4.47. The van der Waals surface area contributed by atoms with E-state index in [1.54, 1.807) is 30.3 Å². The van der Waals surface area contributed by atoms with Gasteiger partial charge in [-0.15, -0.1) is 0 Å². The Balaban J connectivity index is 1.58. The van der Waals surface area contributed by atoms with Gasteiger partial charge in [0.25, 0.3) is 0 Å². The molecule has 2 atom stereocenters. The first-order valence-electron chi connectivity index (χ1n) is 10.9. The van der Waals surface area contributed by atoms with Crippen LogP contribution in [0.4, 0.5) is 22.2 Å². The van der Waals surface area contributed by atoms with Crippen LogP contribution in [0.1, 0.15) is 5.56 Å². The number of carbonyl (C=O) groups excluding carboxylic acids is 2. The van der Waals surface area contributed by atoms with E-state index in [1.165, 1.54) is 32.3 Å². The maximum atomic E-state index is 13.3. The van der Waals surface area contributed by atoms with Crippen molar-refractivity contribution in [2.75, 3.05) is 56.7 Å². The number of amides is 3. The Kier molecular flexibility index (Phi) is 6.92. The van der Waals surface area contributed by atoms with Crippen molar-refractivity contribution in [3.05, 3.63) is 36.5 Å². The molecular formula is C23H28N6O6. The first-order valence-corrected chi connectivity index (χ1v) is 10.9. The fourth-order valence-corrected chi connectivity index (χ4v) is 4.05. The first kappa shape index (κ1) is 24.1. The highest BCUT2D eigenvalue weighted by Crippen LogP contribution is 2.42. The number of fused-ring (bicyclic) bond motifs is 1. The van der Waals surface area contributed by atoms with Gasteiger partial charge in [0, 0.05) is 30.9 Å². The normalized spacial score (nSPS) is 19.1. The molecule has 2 N–H and O–H groups in total. The molecule has 0 radical (unpaired) electrons. The number of nitrogens with one attached hydrogen (secondary N) is 2. The highest BCUT2D eigenvalue weighted by Gasteiger charge is 2.33. The van der Waals surface area contributed by atoms with Crippen LogP contribution < -0.4 is 34.6 Å². The van der Waals surface area contributed by atoms with E-state index in [0.717, 1.165) is 5.56 Å². The largest absolute Gasteiger partial charge is 0.493 e. The van der Waals surface area contributed by atoms with Crippen LogP contribution in [0, 0.1) is 0 Å². The average molecular weight is 485 g/mol. The molecule has 186 valence electrons. The minimum Gasteiger partial charge on any atom is -0.493 e. The molecule has 12 heteroatoms. The summed E-state index contributed by atoms with van der Waals surface area (Å²) < 4.78 is 21.7. The van der Waals surface area contributed by atoms with Crippen LogP contribution in [0.15, 0.2) is 31.0 Å². The van der Waals surface area contributed by atoms with E-state index in [1.807, 2.05) is 0 Å². The summed E-state index contributed by atoms with van der Waals surface area (Å²) in [5.41, 5.74) is 1.33. The number of anilines is 3. The van der Waals surface area contributed by atoms with Crippen molar-refractivity contribution in [1.29, 1.82) is 0 Å². The Morgan fingerprint density at radius 3 is 2.49 bits per heavy atom. The second kappa shape index (κ2) is 10.1. The maximum absolute atomic E-state index is 13.3. The van der Waals surface area contributed by atoms with Gasteiger partial charge in [0.05, 0.1) is 58.9 Å². The number of benzene rings is 1. The molecule has 1 saturated heterocycles. The van der Waals surface area contributed by atoms with Gasteiger partial charge >= 0.3 is 6.03 Å². The lowest BCUT2D eigenvalue weighted by Crippen LogP contribution is -2.47. The third-order valence-electron chi connectivity index (χ3n) is 5.87. The molecule has 35 heavy (non-hydrogen) atoms. The summed E-state index contributed by atoms with van der Waals surface area (Å²) in [5, 5.41) is 6.02. The number of urea groups is 1. The van der Waals surface area contributed by atoms with E-state index < -0.39 is 0 Å². The lowest BCUT2D eigenvalue weighted by Gasteiger charge is -2.34. The number of hydrogen-bond donors (Lipinski definition) is 2. The van der Waals surface area contributed by atoms with Crippen LogP contribution in [0.3, 0.4) is 0 Å². The Morgan fingerprint density at radius 2 is 1.86 bits per heavy atom. The molecule has 0 bridgehead atoms. The van der Waals surface area contributed by atoms with E-state index in [0.29, 0.717) is 47.9 Å². The van der Waals surface area contributed by atoms with Crippen LogP contribution in [0.5, 0.6) is 17.2 Å². The minimum absolute atomic E-state index is 0.225. The average Bonchev–Trinajstić information content (AvgIpc) is 3.31. The number of aromatic nitrogens is 2. The lowest BCUT2D eigenvalue weighted by atomic mass is 10.1. The monoisotopic (exact) mass is 484 g/mol. The molecule has 0 aliphatic carbocycles. The molecule has 2 aliphatic rings. The molecule has 1 aromatic heterocycles. The Hall–Kier alpha value is -4.06. The summed E-state index contributed by atoms with van der Waals surface area (Å²) in [7, 11) is 6.21. The molecule has 2 aromatic rings. The van der Waals surface area contributed by atoms with Crippen LogP contribution in [0.2, 0.25) is 0 Å². The van der Waals surface area contributed by atoms with Gasteiger partial charge in [0.1, 0.15) is 5.82 Å². The molecule has 12 nitrogen and oxygen atoms in total. The second-order valence-corrected chi connectivity index (χ2v) is 7.96. The van der Waals surface area contributed by atoms with Gasteiger partial charge in [-0.1, -0.05) is 6.58 Å². The highest BCUT2D eigenvalue weighted by atomic mass is 16.5. The van der Waals surface area contributed by atoms with Crippen molar-refractivity contribution < 1.29 is 28.5 Å². The predicted molar refractivity (Wildman–Crippen MR) is 128 cm³/mol.